The van der Waals surface area contributed by atoms with Crippen LogP contribution in [-0.2, 0) is 17.6 Å². The Morgan fingerprint density at radius 2 is 1.97 bits per heavy atom. The third-order valence-corrected chi connectivity index (χ3v) is 5.58. The smallest absolute Gasteiger partial charge is 0.267 e. The molecule has 1 unspecified atom stereocenters. The van der Waals surface area contributed by atoms with E-state index >= 15 is 0 Å². The molecule has 0 saturated heterocycles. The molecule has 1 amide bonds. The van der Waals surface area contributed by atoms with E-state index in [0.29, 0.717) is 11.4 Å². The first kappa shape index (κ1) is 21.4. The molecule has 0 fully saturated rings. The first-order chi connectivity index (χ1) is 14.5. The van der Waals surface area contributed by atoms with E-state index in [1.54, 1.807) is 13.2 Å². The Bertz CT molecular complexity index is 988. The predicted octanol–water partition coefficient (Wildman–Crippen LogP) is 4.97. The van der Waals surface area contributed by atoms with Crippen LogP contribution >= 0.6 is 0 Å². The van der Waals surface area contributed by atoms with Crippen LogP contribution < -0.4 is 15.4 Å². The average Bonchev–Trinajstić information content (AvgIpc) is 2.76. The van der Waals surface area contributed by atoms with Crippen LogP contribution in [0.25, 0.3) is 0 Å². The van der Waals surface area contributed by atoms with Gasteiger partial charge < -0.3 is 15.4 Å². The highest BCUT2D eigenvalue weighted by Gasteiger charge is 2.16. The Hall–Kier alpha value is -3.26. The van der Waals surface area contributed by atoms with Crippen molar-refractivity contribution >= 4 is 11.6 Å². The number of hydrogen-bond acceptors (Lipinski definition) is 4. The minimum atomic E-state index is -0.464. The molecule has 1 aliphatic rings. The van der Waals surface area contributed by atoms with Gasteiger partial charge in [0.15, 0.2) is 0 Å². The summed E-state index contributed by atoms with van der Waals surface area (Å²) < 4.78 is 5.30. The number of fused-ring (bicyclic) bond motifs is 1. The largest absolute Gasteiger partial charge is 0.495 e. The number of amides is 1. The van der Waals surface area contributed by atoms with Crippen molar-refractivity contribution in [2.24, 2.45) is 0 Å². The van der Waals surface area contributed by atoms with Gasteiger partial charge in [-0.05, 0) is 73.4 Å². The zero-order valence-corrected chi connectivity index (χ0v) is 17.9. The lowest BCUT2D eigenvalue weighted by Crippen LogP contribution is -2.20. The van der Waals surface area contributed by atoms with Gasteiger partial charge in [0.05, 0.1) is 18.8 Å². The average molecular weight is 404 g/mol. The molecule has 156 valence electrons. The number of aryl methyl sites for hydroxylation is 3. The summed E-state index contributed by atoms with van der Waals surface area (Å²) in [5, 5.41) is 15.6. The fourth-order valence-electron chi connectivity index (χ4n) is 3.86. The van der Waals surface area contributed by atoms with Crippen LogP contribution in [0.1, 0.15) is 54.5 Å². The van der Waals surface area contributed by atoms with Crippen LogP contribution in [0.2, 0.25) is 0 Å². The van der Waals surface area contributed by atoms with E-state index in [-0.39, 0.29) is 11.6 Å². The number of benzene rings is 2. The Kier molecular flexibility index (Phi) is 7.13. The number of carbonyl (C=O) groups excluding carboxylic acids is 1. The first-order valence-electron chi connectivity index (χ1n) is 10.5. The third-order valence-electron chi connectivity index (χ3n) is 5.58. The van der Waals surface area contributed by atoms with Crippen LogP contribution in [0.3, 0.4) is 0 Å². The van der Waals surface area contributed by atoms with Crippen LogP contribution in [0.4, 0.5) is 5.69 Å². The molecule has 0 bridgehead atoms. The summed E-state index contributed by atoms with van der Waals surface area (Å²) in [6, 6.07) is 14.2. The monoisotopic (exact) mass is 403 g/mol. The SMILES string of the molecule is CCC(N/C=C(/C#N)C(=O)Nc1cc(C)ccc1OC)c1ccc2c(c1)CCCC2. The summed E-state index contributed by atoms with van der Waals surface area (Å²) in [4.78, 5) is 12.7. The van der Waals surface area contributed by atoms with Crippen molar-refractivity contribution in [1.29, 1.82) is 5.26 Å². The molecular formula is C25H29N3O2. The standard InChI is InChI=1S/C25H29N3O2/c1-4-22(20-11-10-18-7-5-6-8-19(18)14-20)27-16-21(15-26)25(29)28-23-13-17(2)9-12-24(23)30-3/h9-14,16,22,27H,4-8H2,1-3H3,(H,28,29)/b21-16-. The Labute approximate surface area is 178 Å². The second-order valence-electron chi connectivity index (χ2n) is 7.69. The van der Waals surface area contributed by atoms with Crippen molar-refractivity contribution in [2.75, 3.05) is 12.4 Å². The van der Waals surface area contributed by atoms with E-state index in [2.05, 4.69) is 35.8 Å². The van der Waals surface area contributed by atoms with E-state index in [0.717, 1.165) is 24.8 Å². The van der Waals surface area contributed by atoms with E-state index in [1.165, 1.54) is 35.7 Å². The highest BCUT2D eigenvalue weighted by Crippen LogP contribution is 2.27. The van der Waals surface area contributed by atoms with Gasteiger partial charge in [0.25, 0.3) is 5.91 Å². The van der Waals surface area contributed by atoms with Gasteiger partial charge in [0.1, 0.15) is 17.4 Å². The van der Waals surface area contributed by atoms with Crippen molar-refractivity contribution in [1.82, 2.24) is 5.32 Å². The molecular weight excluding hydrogens is 374 g/mol. The van der Waals surface area contributed by atoms with Gasteiger partial charge in [-0.3, -0.25) is 4.79 Å². The topological polar surface area (TPSA) is 74.2 Å². The summed E-state index contributed by atoms with van der Waals surface area (Å²) in [7, 11) is 1.55. The lowest BCUT2D eigenvalue weighted by molar-refractivity contribution is -0.112. The van der Waals surface area contributed by atoms with Gasteiger partial charge in [-0.25, -0.2) is 0 Å². The van der Waals surface area contributed by atoms with Crippen molar-refractivity contribution in [3.05, 3.63) is 70.4 Å². The second-order valence-corrected chi connectivity index (χ2v) is 7.69. The highest BCUT2D eigenvalue weighted by atomic mass is 16.5. The van der Waals surface area contributed by atoms with Crippen LogP contribution in [0.15, 0.2) is 48.2 Å². The Morgan fingerprint density at radius 3 is 2.67 bits per heavy atom. The van der Waals surface area contributed by atoms with E-state index in [1.807, 2.05) is 25.1 Å². The minimum absolute atomic E-state index is 0.0231. The van der Waals surface area contributed by atoms with E-state index < -0.39 is 5.91 Å². The molecule has 5 nitrogen and oxygen atoms in total. The second kappa shape index (κ2) is 9.98. The molecule has 3 rings (SSSR count). The molecule has 0 spiro atoms. The zero-order valence-electron chi connectivity index (χ0n) is 17.9. The van der Waals surface area contributed by atoms with Crippen LogP contribution in [-0.4, -0.2) is 13.0 Å². The zero-order chi connectivity index (χ0) is 21.5. The quantitative estimate of drug-likeness (QED) is 0.506. The molecule has 0 heterocycles. The Morgan fingerprint density at radius 1 is 1.20 bits per heavy atom. The van der Waals surface area contributed by atoms with Gasteiger partial charge in [0.2, 0.25) is 0 Å². The maximum atomic E-state index is 12.7. The number of hydrogen-bond donors (Lipinski definition) is 2. The number of anilines is 1. The summed E-state index contributed by atoms with van der Waals surface area (Å²) in [6.07, 6.45) is 7.14. The molecule has 0 aliphatic heterocycles. The van der Waals surface area contributed by atoms with Gasteiger partial charge >= 0.3 is 0 Å². The number of nitriles is 1. The summed E-state index contributed by atoms with van der Waals surface area (Å²) >= 11 is 0. The number of nitrogens with one attached hydrogen (secondary N) is 2. The predicted molar refractivity (Wildman–Crippen MR) is 119 cm³/mol. The number of ether oxygens (including phenoxy) is 1. The summed E-state index contributed by atoms with van der Waals surface area (Å²) in [5.74, 6) is 0.0916. The number of carbonyl (C=O) groups is 1. The normalized spacial score (nSPS) is 14.3. The lowest BCUT2D eigenvalue weighted by atomic mass is 9.89. The first-order valence-corrected chi connectivity index (χ1v) is 10.5. The minimum Gasteiger partial charge on any atom is -0.495 e. The number of nitrogens with zero attached hydrogens (tertiary/aromatic N) is 1. The van der Waals surface area contributed by atoms with Crippen molar-refractivity contribution in [3.8, 4) is 11.8 Å². The molecule has 2 N–H and O–H groups in total. The summed E-state index contributed by atoms with van der Waals surface area (Å²) in [6.45, 7) is 4.02. The van der Waals surface area contributed by atoms with Crippen LogP contribution in [0.5, 0.6) is 5.75 Å². The third kappa shape index (κ3) is 5.01. The molecule has 1 atom stereocenters. The van der Waals surface area contributed by atoms with Gasteiger partial charge in [-0.2, -0.15) is 5.26 Å². The molecule has 2 aromatic carbocycles. The van der Waals surface area contributed by atoms with Gasteiger partial charge in [-0.15, -0.1) is 0 Å². The van der Waals surface area contributed by atoms with Gasteiger partial charge in [-0.1, -0.05) is 31.2 Å². The van der Waals surface area contributed by atoms with E-state index in [9.17, 15) is 10.1 Å². The molecule has 0 radical (unpaired) electrons. The fraction of sp³-hybridized carbons (Fsp3) is 0.360. The highest BCUT2D eigenvalue weighted by molar-refractivity contribution is 6.07. The molecule has 1 aliphatic carbocycles. The van der Waals surface area contributed by atoms with Crippen molar-refractivity contribution in [3.63, 3.8) is 0 Å². The maximum Gasteiger partial charge on any atom is 0.267 e. The van der Waals surface area contributed by atoms with E-state index in [4.69, 9.17) is 4.74 Å². The molecule has 5 heteroatoms. The van der Waals surface area contributed by atoms with Gasteiger partial charge in [0, 0.05) is 6.20 Å². The number of rotatable bonds is 7. The van der Waals surface area contributed by atoms with Crippen LogP contribution in [0, 0.1) is 18.3 Å². The fourth-order valence-corrected chi connectivity index (χ4v) is 3.86. The number of methoxy groups -OCH3 is 1. The van der Waals surface area contributed by atoms with Crippen molar-refractivity contribution in [2.45, 2.75) is 52.0 Å². The molecule has 0 saturated carbocycles. The lowest BCUT2D eigenvalue weighted by Gasteiger charge is -2.21. The molecule has 2 aromatic rings. The summed E-state index contributed by atoms with van der Waals surface area (Å²) in [5.41, 5.74) is 5.62. The Balaban J connectivity index is 1.74. The molecule has 0 aromatic heterocycles. The maximum absolute atomic E-state index is 12.7. The van der Waals surface area contributed by atoms with Crippen molar-refractivity contribution < 1.29 is 9.53 Å². The molecule has 30 heavy (non-hydrogen) atoms.